The molecule has 1 aliphatic carbocycles. The molecule has 1 heterocycles. The lowest BCUT2D eigenvalue weighted by Gasteiger charge is -2.30. The summed E-state index contributed by atoms with van der Waals surface area (Å²) in [4.78, 5) is 7.34. The number of para-hydroxylation sites is 1. The molecule has 1 aromatic carbocycles. The molecule has 1 aromatic rings. The van der Waals surface area contributed by atoms with Crippen molar-refractivity contribution in [3.63, 3.8) is 0 Å². The highest BCUT2D eigenvalue weighted by atomic mass is 15.3. The van der Waals surface area contributed by atoms with E-state index in [2.05, 4.69) is 41.4 Å². The first kappa shape index (κ1) is 12.5. The molecule has 0 radical (unpaired) electrons. The zero-order valence-corrected chi connectivity index (χ0v) is 11.7. The number of nitrogens with one attached hydrogen (secondary N) is 1. The molecule has 2 aliphatic rings. The zero-order chi connectivity index (χ0) is 13.1. The molecule has 2 fully saturated rings. The number of anilines is 1. The predicted molar refractivity (Wildman–Crippen MR) is 80.5 cm³/mol. The Morgan fingerprint density at radius 3 is 2.47 bits per heavy atom. The van der Waals surface area contributed by atoms with Gasteiger partial charge in [-0.05, 0) is 43.7 Å². The monoisotopic (exact) mass is 257 g/mol. The first-order valence-electron chi connectivity index (χ1n) is 7.48. The highest BCUT2D eigenvalue weighted by molar-refractivity contribution is 5.94. The molecular formula is C16H23N3. The summed E-state index contributed by atoms with van der Waals surface area (Å²) in [7, 11) is 0. The van der Waals surface area contributed by atoms with Gasteiger partial charge in [-0.25, -0.2) is 4.99 Å². The molecule has 19 heavy (non-hydrogen) atoms. The maximum absolute atomic E-state index is 4.92. The van der Waals surface area contributed by atoms with E-state index in [1.807, 2.05) is 6.07 Å². The quantitative estimate of drug-likeness (QED) is 0.650. The molecule has 0 bridgehead atoms. The number of benzene rings is 1. The number of hydrogen-bond donors (Lipinski definition) is 1. The fraction of sp³-hybridized carbons (Fsp3) is 0.562. The van der Waals surface area contributed by atoms with Crippen molar-refractivity contribution in [2.24, 2.45) is 10.9 Å². The number of likely N-dealkylation sites (tertiary alicyclic amines) is 1. The van der Waals surface area contributed by atoms with Crippen molar-refractivity contribution in [1.82, 2.24) is 4.90 Å². The van der Waals surface area contributed by atoms with Gasteiger partial charge in [-0.3, -0.25) is 0 Å². The summed E-state index contributed by atoms with van der Waals surface area (Å²) in [5.41, 5.74) is 1.14. The van der Waals surface area contributed by atoms with Crippen LogP contribution in [-0.4, -0.2) is 30.0 Å². The summed E-state index contributed by atoms with van der Waals surface area (Å²) in [6.45, 7) is 4.56. The maximum atomic E-state index is 4.92. The summed E-state index contributed by atoms with van der Waals surface area (Å²) >= 11 is 0. The number of nitrogens with zero attached hydrogens (tertiary/aromatic N) is 2. The predicted octanol–water partition coefficient (Wildman–Crippen LogP) is 3.35. The second-order valence-corrected chi connectivity index (χ2v) is 5.77. The molecule has 2 unspecified atom stereocenters. The highest BCUT2D eigenvalue weighted by Crippen LogP contribution is 2.33. The van der Waals surface area contributed by atoms with Crippen LogP contribution in [0, 0.1) is 5.92 Å². The van der Waals surface area contributed by atoms with Crippen LogP contribution in [0.5, 0.6) is 0 Å². The van der Waals surface area contributed by atoms with Gasteiger partial charge in [0.15, 0.2) is 5.96 Å². The number of guanidine groups is 1. The third-order valence-corrected chi connectivity index (χ3v) is 4.04. The van der Waals surface area contributed by atoms with E-state index in [0.29, 0.717) is 6.04 Å². The van der Waals surface area contributed by atoms with Gasteiger partial charge >= 0.3 is 0 Å². The number of aliphatic imine (C=N–C) groups is 1. The Kier molecular flexibility index (Phi) is 3.72. The van der Waals surface area contributed by atoms with Crippen LogP contribution in [0.25, 0.3) is 0 Å². The zero-order valence-electron chi connectivity index (χ0n) is 11.7. The normalized spacial score (nSPS) is 27.2. The fourth-order valence-electron chi connectivity index (χ4n) is 2.59. The molecule has 1 saturated heterocycles. The number of piperidine rings is 1. The van der Waals surface area contributed by atoms with Crippen molar-refractivity contribution in [2.75, 3.05) is 18.4 Å². The van der Waals surface area contributed by atoms with Crippen LogP contribution in [0.4, 0.5) is 5.69 Å². The Balaban J connectivity index is 1.74. The van der Waals surface area contributed by atoms with Gasteiger partial charge in [0.25, 0.3) is 0 Å². The van der Waals surface area contributed by atoms with Gasteiger partial charge in [-0.1, -0.05) is 25.1 Å². The third-order valence-electron chi connectivity index (χ3n) is 4.04. The minimum Gasteiger partial charge on any atom is -0.343 e. The number of hydrogen-bond acceptors (Lipinski definition) is 1. The minimum atomic E-state index is 0.535. The van der Waals surface area contributed by atoms with Gasteiger partial charge in [0.1, 0.15) is 0 Å². The molecule has 3 heteroatoms. The second-order valence-electron chi connectivity index (χ2n) is 5.77. The minimum absolute atomic E-state index is 0.535. The molecule has 0 amide bonds. The molecule has 0 spiro atoms. The van der Waals surface area contributed by atoms with E-state index >= 15 is 0 Å². The van der Waals surface area contributed by atoms with E-state index in [1.54, 1.807) is 0 Å². The van der Waals surface area contributed by atoms with Crippen molar-refractivity contribution in [3.8, 4) is 0 Å². The van der Waals surface area contributed by atoms with E-state index in [0.717, 1.165) is 30.7 Å². The van der Waals surface area contributed by atoms with Crippen LogP contribution in [0.2, 0.25) is 0 Å². The van der Waals surface area contributed by atoms with Crippen LogP contribution in [0.1, 0.15) is 32.6 Å². The molecule has 1 saturated carbocycles. The average Bonchev–Trinajstić information content (AvgIpc) is 3.16. The molecule has 1 N–H and O–H groups in total. The standard InChI is InChI=1S/C16H23N3/c1-13-12-15(13)18-16(19-10-6-3-7-11-19)17-14-8-4-2-5-9-14/h2,4-5,8-9,13,15H,3,6-7,10-12H2,1H3,(H,17,18). The lowest BCUT2D eigenvalue weighted by atomic mass is 10.1. The largest absolute Gasteiger partial charge is 0.343 e. The van der Waals surface area contributed by atoms with E-state index in [9.17, 15) is 0 Å². The van der Waals surface area contributed by atoms with E-state index in [4.69, 9.17) is 4.99 Å². The third kappa shape index (κ3) is 3.28. The summed E-state index contributed by atoms with van der Waals surface area (Å²) < 4.78 is 0. The van der Waals surface area contributed by atoms with Crippen molar-refractivity contribution in [2.45, 2.75) is 38.6 Å². The highest BCUT2D eigenvalue weighted by Gasteiger charge is 2.33. The molecule has 2 atom stereocenters. The summed E-state index contributed by atoms with van der Waals surface area (Å²) in [5.74, 6) is 1.85. The molecule has 102 valence electrons. The van der Waals surface area contributed by atoms with Gasteiger partial charge in [-0.15, -0.1) is 0 Å². The Labute approximate surface area is 115 Å². The number of rotatable bonds is 2. The first-order valence-corrected chi connectivity index (χ1v) is 7.48. The van der Waals surface area contributed by atoms with Crippen molar-refractivity contribution < 1.29 is 0 Å². The molecule has 1 aliphatic heterocycles. The van der Waals surface area contributed by atoms with Gasteiger partial charge < -0.3 is 10.2 Å². The Hall–Kier alpha value is -1.51. The van der Waals surface area contributed by atoms with E-state index < -0.39 is 0 Å². The molecular weight excluding hydrogens is 234 g/mol. The van der Waals surface area contributed by atoms with Crippen LogP contribution >= 0.6 is 0 Å². The summed E-state index contributed by atoms with van der Waals surface area (Å²) in [5, 5.41) is 3.52. The maximum Gasteiger partial charge on any atom is 0.198 e. The Bertz CT molecular complexity index is 435. The van der Waals surface area contributed by atoms with Crippen molar-refractivity contribution in [1.29, 1.82) is 0 Å². The summed E-state index contributed by atoms with van der Waals surface area (Å²) in [6, 6.07) is 10.9. The topological polar surface area (TPSA) is 27.6 Å². The van der Waals surface area contributed by atoms with Gasteiger partial charge in [-0.2, -0.15) is 0 Å². The van der Waals surface area contributed by atoms with Gasteiger partial charge in [0.05, 0.1) is 6.04 Å². The summed E-state index contributed by atoms with van der Waals surface area (Å²) in [6.07, 6.45) is 5.17. The smallest absolute Gasteiger partial charge is 0.198 e. The van der Waals surface area contributed by atoms with Crippen LogP contribution in [0.3, 0.4) is 0 Å². The van der Waals surface area contributed by atoms with Crippen LogP contribution in [-0.2, 0) is 0 Å². The Morgan fingerprint density at radius 1 is 1.16 bits per heavy atom. The van der Waals surface area contributed by atoms with Crippen LogP contribution in [0.15, 0.2) is 35.3 Å². The van der Waals surface area contributed by atoms with E-state index in [-0.39, 0.29) is 0 Å². The lowest BCUT2D eigenvalue weighted by molar-refractivity contribution is 0.340. The van der Waals surface area contributed by atoms with Crippen molar-refractivity contribution >= 4 is 11.6 Å². The van der Waals surface area contributed by atoms with Gasteiger partial charge in [0.2, 0.25) is 0 Å². The average molecular weight is 257 g/mol. The van der Waals surface area contributed by atoms with E-state index in [1.165, 1.54) is 25.7 Å². The van der Waals surface area contributed by atoms with Crippen molar-refractivity contribution in [3.05, 3.63) is 30.3 Å². The van der Waals surface area contributed by atoms with Crippen LogP contribution < -0.4 is 5.32 Å². The molecule has 0 aromatic heterocycles. The lowest BCUT2D eigenvalue weighted by Crippen LogP contribution is -2.40. The Morgan fingerprint density at radius 2 is 1.84 bits per heavy atom. The van der Waals surface area contributed by atoms with Gasteiger partial charge in [0, 0.05) is 18.8 Å². The SMILES string of the molecule is CC1CC1N=C(Nc1ccccc1)N1CCCCC1. The molecule has 3 rings (SSSR count). The molecule has 3 nitrogen and oxygen atoms in total. The fourth-order valence-corrected chi connectivity index (χ4v) is 2.59. The second kappa shape index (κ2) is 5.64. The first-order chi connectivity index (χ1) is 9.33.